The van der Waals surface area contributed by atoms with Gasteiger partial charge in [0.25, 0.3) is 5.91 Å². The van der Waals surface area contributed by atoms with E-state index in [1.807, 2.05) is 0 Å². The molecule has 2 heterocycles. The highest BCUT2D eigenvalue weighted by atomic mass is 19.3. The molecule has 1 atom stereocenters. The van der Waals surface area contributed by atoms with E-state index in [1.165, 1.54) is 24.1 Å². The quantitative estimate of drug-likeness (QED) is 0.729. The summed E-state index contributed by atoms with van der Waals surface area (Å²) in [6.45, 7) is 1.44. The first-order valence-corrected chi connectivity index (χ1v) is 9.73. The second kappa shape index (κ2) is 8.09. The molecule has 0 saturated carbocycles. The molecule has 8 nitrogen and oxygen atoms in total. The first kappa shape index (κ1) is 21.5. The Bertz CT molecular complexity index is 1160. The van der Waals surface area contributed by atoms with Gasteiger partial charge in [-0.2, -0.15) is 5.26 Å². The van der Waals surface area contributed by atoms with Gasteiger partial charge >= 0.3 is 6.29 Å². The molecule has 0 radical (unpaired) electrons. The van der Waals surface area contributed by atoms with E-state index in [-0.39, 0.29) is 30.0 Å². The maximum Gasteiger partial charge on any atom is 0.586 e. The van der Waals surface area contributed by atoms with Gasteiger partial charge in [0, 0.05) is 12.0 Å². The maximum atomic E-state index is 14.1. The van der Waals surface area contributed by atoms with Crippen molar-refractivity contribution in [2.24, 2.45) is 5.16 Å². The van der Waals surface area contributed by atoms with Crippen LogP contribution in [0.25, 0.3) is 11.1 Å². The number of aliphatic hydroxyl groups is 1. The van der Waals surface area contributed by atoms with Crippen LogP contribution in [0, 0.1) is 18.3 Å². The Morgan fingerprint density at radius 3 is 2.75 bits per heavy atom. The lowest BCUT2D eigenvalue weighted by molar-refractivity contribution is -0.286. The monoisotopic (exact) mass is 443 g/mol. The van der Waals surface area contributed by atoms with Crippen LogP contribution in [0.4, 0.5) is 8.78 Å². The van der Waals surface area contributed by atoms with Crippen LogP contribution in [0.15, 0.2) is 35.5 Å². The molecule has 2 aromatic carbocycles. The van der Waals surface area contributed by atoms with Gasteiger partial charge in [-0.25, -0.2) is 0 Å². The lowest BCUT2D eigenvalue weighted by atomic mass is 9.94. The second-order valence-corrected chi connectivity index (χ2v) is 7.39. The van der Waals surface area contributed by atoms with E-state index in [0.717, 1.165) is 0 Å². The summed E-state index contributed by atoms with van der Waals surface area (Å²) < 4.78 is 37.7. The molecular weight excluding hydrogens is 424 g/mol. The van der Waals surface area contributed by atoms with Gasteiger partial charge in [-0.05, 0) is 36.2 Å². The Morgan fingerprint density at radius 2 is 2.06 bits per heavy atom. The van der Waals surface area contributed by atoms with Crippen molar-refractivity contribution in [2.75, 3.05) is 20.3 Å². The highest BCUT2D eigenvalue weighted by Gasteiger charge is 2.48. The number of fused-ring (bicyclic) bond motifs is 1. The maximum absolute atomic E-state index is 14.1. The first-order chi connectivity index (χ1) is 15.3. The normalized spacial score (nSPS) is 19.8. The minimum atomic E-state index is -3.96. The lowest BCUT2D eigenvalue weighted by Crippen LogP contribution is -2.38. The number of nitrogens with zero attached hydrogens (tertiary/aromatic N) is 3. The Kier molecular flexibility index (Phi) is 5.44. The largest absolute Gasteiger partial charge is 0.586 e. The summed E-state index contributed by atoms with van der Waals surface area (Å²) in [5, 5.41) is 22.8. The van der Waals surface area contributed by atoms with E-state index >= 15 is 0 Å². The molecule has 0 spiro atoms. The number of rotatable bonds is 4. The Morgan fingerprint density at radius 1 is 1.31 bits per heavy atom. The average Bonchev–Trinajstić information content (AvgIpc) is 3.32. The predicted octanol–water partition coefficient (Wildman–Crippen LogP) is 3.06. The number of amides is 1. The van der Waals surface area contributed by atoms with Crippen molar-refractivity contribution in [3.8, 4) is 28.7 Å². The van der Waals surface area contributed by atoms with E-state index in [9.17, 15) is 23.9 Å². The Hall–Kier alpha value is -3.71. The number of halogens is 2. The summed E-state index contributed by atoms with van der Waals surface area (Å²) >= 11 is 0. The number of hydrogen-bond acceptors (Lipinski definition) is 7. The van der Waals surface area contributed by atoms with Crippen LogP contribution < -0.4 is 9.47 Å². The fraction of sp³-hybridized carbons (Fsp3) is 0.318. The SMILES string of the molecule is CO/N=C1/C[C@@H](CO)N(C(=O)c2ccc(-c3cccc(C#N)c3C)c3c2OC(F)(F)O3)C1. The van der Waals surface area contributed by atoms with Crippen molar-refractivity contribution >= 4 is 11.6 Å². The smallest absolute Gasteiger partial charge is 0.399 e. The van der Waals surface area contributed by atoms with Crippen molar-refractivity contribution in [1.82, 2.24) is 4.90 Å². The summed E-state index contributed by atoms with van der Waals surface area (Å²) in [5.74, 6) is -1.30. The van der Waals surface area contributed by atoms with Crippen molar-refractivity contribution in [3.05, 3.63) is 47.0 Å². The third-order valence-electron chi connectivity index (χ3n) is 5.49. The van der Waals surface area contributed by atoms with Crippen LogP contribution in [0.1, 0.15) is 27.9 Å². The number of carbonyl (C=O) groups is 1. The van der Waals surface area contributed by atoms with Gasteiger partial charge in [0.05, 0.1) is 42.1 Å². The highest BCUT2D eigenvalue weighted by molar-refractivity contribution is 6.03. The molecule has 4 rings (SSSR count). The molecule has 10 heteroatoms. The molecule has 1 fully saturated rings. The molecule has 0 aromatic heterocycles. The first-order valence-electron chi connectivity index (χ1n) is 9.73. The summed E-state index contributed by atoms with van der Waals surface area (Å²) in [4.78, 5) is 19.3. The molecule has 0 aliphatic carbocycles. The van der Waals surface area contributed by atoms with Crippen LogP contribution in [-0.4, -0.2) is 54.2 Å². The van der Waals surface area contributed by atoms with Gasteiger partial charge in [-0.3, -0.25) is 4.79 Å². The number of ether oxygens (including phenoxy) is 2. The molecule has 1 amide bonds. The van der Waals surface area contributed by atoms with Gasteiger partial charge in [0.2, 0.25) is 0 Å². The molecule has 1 N–H and O–H groups in total. The van der Waals surface area contributed by atoms with Crippen molar-refractivity contribution in [1.29, 1.82) is 5.26 Å². The minimum absolute atomic E-state index is 0.0784. The average molecular weight is 443 g/mol. The minimum Gasteiger partial charge on any atom is -0.399 e. The number of hydrogen-bond donors (Lipinski definition) is 1. The van der Waals surface area contributed by atoms with E-state index in [2.05, 4.69) is 11.2 Å². The van der Waals surface area contributed by atoms with Crippen molar-refractivity contribution in [3.63, 3.8) is 0 Å². The summed E-state index contributed by atoms with van der Waals surface area (Å²) in [6.07, 6.45) is -3.66. The molecule has 2 aliphatic heterocycles. The molecular formula is C22H19F2N3O5. The third kappa shape index (κ3) is 3.61. The zero-order valence-electron chi connectivity index (χ0n) is 17.3. The number of likely N-dealkylation sites (tertiary alicyclic amines) is 1. The Balaban J connectivity index is 1.80. The molecule has 2 aromatic rings. The standard InChI is InChI=1S/C22H19F2N3O5/c1-12-13(9-25)4-3-5-16(12)17-6-7-18(20-19(17)31-22(23,24)32-20)21(29)27-10-14(26-30-2)8-15(27)11-28/h3-7,15,28H,8,10-11H2,1-2H3/b26-14-/t15-/m0/s1. The molecule has 1 saturated heterocycles. The number of carbonyl (C=O) groups excluding carboxylic acids is 1. The van der Waals surface area contributed by atoms with Crippen molar-refractivity contribution in [2.45, 2.75) is 25.7 Å². The molecule has 0 bridgehead atoms. The lowest BCUT2D eigenvalue weighted by Gasteiger charge is -2.23. The molecule has 2 aliphatic rings. The number of alkyl halides is 2. The van der Waals surface area contributed by atoms with Gasteiger partial charge in [0.1, 0.15) is 7.11 Å². The van der Waals surface area contributed by atoms with Crippen molar-refractivity contribution < 1.29 is 33.0 Å². The number of aliphatic hydroxyl groups excluding tert-OH is 1. The van der Waals surface area contributed by atoms with Crippen LogP contribution in [0.5, 0.6) is 11.5 Å². The summed E-state index contributed by atoms with van der Waals surface area (Å²) in [7, 11) is 1.37. The number of oxime groups is 1. The molecule has 0 unspecified atom stereocenters. The highest BCUT2D eigenvalue weighted by Crippen LogP contribution is 2.50. The van der Waals surface area contributed by atoms with Gasteiger partial charge < -0.3 is 24.3 Å². The summed E-state index contributed by atoms with van der Waals surface area (Å²) in [6, 6.07) is 9.25. The zero-order chi connectivity index (χ0) is 23.0. The van der Waals surface area contributed by atoms with E-state index in [1.54, 1.807) is 25.1 Å². The molecule has 32 heavy (non-hydrogen) atoms. The van der Waals surface area contributed by atoms with E-state index in [0.29, 0.717) is 28.8 Å². The van der Waals surface area contributed by atoms with Gasteiger partial charge in [0.15, 0.2) is 11.5 Å². The zero-order valence-corrected chi connectivity index (χ0v) is 17.3. The fourth-order valence-corrected chi connectivity index (χ4v) is 3.98. The third-order valence-corrected chi connectivity index (χ3v) is 5.49. The van der Waals surface area contributed by atoms with Crippen LogP contribution in [-0.2, 0) is 4.84 Å². The van der Waals surface area contributed by atoms with Gasteiger partial charge in [-0.1, -0.05) is 17.3 Å². The fourth-order valence-electron chi connectivity index (χ4n) is 3.98. The molecule has 166 valence electrons. The number of benzene rings is 2. The van der Waals surface area contributed by atoms with Gasteiger partial charge in [-0.15, -0.1) is 8.78 Å². The Labute approximate surface area is 182 Å². The van der Waals surface area contributed by atoms with Crippen LogP contribution in [0.3, 0.4) is 0 Å². The van der Waals surface area contributed by atoms with E-state index in [4.69, 9.17) is 14.3 Å². The summed E-state index contributed by atoms with van der Waals surface area (Å²) in [5.41, 5.74) is 2.15. The second-order valence-electron chi connectivity index (χ2n) is 7.39. The van der Waals surface area contributed by atoms with E-state index < -0.39 is 24.0 Å². The van der Waals surface area contributed by atoms with Crippen LogP contribution in [0.2, 0.25) is 0 Å². The predicted molar refractivity (Wildman–Crippen MR) is 109 cm³/mol. The number of nitriles is 1. The van der Waals surface area contributed by atoms with Crippen LogP contribution >= 0.6 is 0 Å². The topological polar surface area (TPSA) is 104 Å².